The number of benzene rings is 1. The van der Waals surface area contributed by atoms with Crippen LogP contribution in [0, 0.1) is 5.41 Å². The van der Waals surface area contributed by atoms with Gasteiger partial charge < -0.3 is 19.9 Å². The molecule has 2 aliphatic rings. The van der Waals surface area contributed by atoms with Gasteiger partial charge in [0.15, 0.2) is 0 Å². The Morgan fingerprint density at radius 2 is 2.07 bits per heavy atom. The van der Waals surface area contributed by atoms with Crippen LogP contribution in [0.2, 0.25) is 0 Å². The average Bonchev–Trinajstić information content (AvgIpc) is 3.45. The Labute approximate surface area is 180 Å². The SMILES string of the molecule is CC1CN(c2cc(C(=N)c3cc(OC4(C)CC4)ccc3N)ncn2)CCN1[S+](C)[O-]. The third-order valence-corrected chi connectivity index (χ3v) is 6.94. The second-order valence-corrected chi connectivity index (χ2v) is 9.61. The monoisotopic (exact) mass is 428 g/mol. The first-order valence-corrected chi connectivity index (χ1v) is 11.6. The summed E-state index contributed by atoms with van der Waals surface area (Å²) in [5.74, 6) is 1.48. The van der Waals surface area contributed by atoms with E-state index in [2.05, 4.69) is 28.7 Å². The molecule has 1 saturated heterocycles. The lowest BCUT2D eigenvalue weighted by Gasteiger charge is -2.38. The normalized spacial score (nSPS) is 21.9. The molecule has 0 bridgehead atoms. The molecule has 1 aliphatic heterocycles. The number of hydrogen-bond acceptors (Lipinski definition) is 8. The van der Waals surface area contributed by atoms with E-state index in [1.54, 1.807) is 12.3 Å². The van der Waals surface area contributed by atoms with Crippen LogP contribution in [0.25, 0.3) is 0 Å². The number of aromatic nitrogens is 2. The molecular formula is C21H28N6O2S. The van der Waals surface area contributed by atoms with Crippen molar-refractivity contribution in [3.8, 4) is 5.75 Å². The minimum absolute atomic E-state index is 0.0986. The van der Waals surface area contributed by atoms with Gasteiger partial charge in [0.2, 0.25) is 0 Å². The van der Waals surface area contributed by atoms with E-state index in [0.717, 1.165) is 31.0 Å². The zero-order chi connectivity index (χ0) is 21.5. The Morgan fingerprint density at radius 1 is 1.30 bits per heavy atom. The number of hydrogen-bond donors (Lipinski definition) is 2. The molecule has 2 fully saturated rings. The van der Waals surface area contributed by atoms with Gasteiger partial charge in [0.25, 0.3) is 0 Å². The number of nitrogens with zero attached hydrogens (tertiary/aromatic N) is 4. The summed E-state index contributed by atoms with van der Waals surface area (Å²) in [5.41, 5.74) is 7.93. The highest BCUT2D eigenvalue weighted by Gasteiger charge is 2.40. The van der Waals surface area contributed by atoms with Crippen molar-refractivity contribution in [1.29, 1.82) is 5.41 Å². The van der Waals surface area contributed by atoms with Crippen molar-refractivity contribution in [2.75, 3.05) is 36.5 Å². The summed E-state index contributed by atoms with van der Waals surface area (Å²) < 4.78 is 19.9. The summed E-state index contributed by atoms with van der Waals surface area (Å²) in [4.78, 5) is 10.9. The van der Waals surface area contributed by atoms with Crippen molar-refractivity contribution in [2.45, 2.75) is 38.3 Å². The van der Waals surface area contributed by atoms with Crippen molar-refractivity contribution in [3.63, 3.8) is 0 Å². The lowest BCUT2D eigenvalue weighted by molar-refractivity contribution is 0.200. The molecular weight excluding hydrogens is 400 g/mol. The van der Waals surface area contributed by atoms with E-state index < -0.39 is 11.4 Å². The van der Waals surface area contributed by atoms with E-state index in [0.29, 0.717) is 30.0 Å². The molecule has 1 aliphatic carbocycles. The number of ether oxygens (including phenoxy) is 1. The number of nitrogens with two attached hydrogens (primary N) is 1. The predicted octanol–water partition coefficient (Wildman–Crippen LogP) is 2.21. The van der Waals surface area contributed by atoms with Crippen molar-refractivity contribution in [2.24, 2.45) is 0 Å². The molecule has 2 unspecified atom stereocenters. The van der Waals surface area contributed by atoms with Gasteiger partial charge in [0.1, 0.15) is 29.8 Å². The summed E-state index contributed by atoms with van der Waals surface area (Å²) >= 11 is -0.984. The smallest absolute Gasteiger partial charge is 0.132 e. The minimum atomic E-state index is -0.984. The Hall–Kier alpha value is -2.36. The molecule has 3 N–H and O–H groups in total. The Bertz CT molecular complexity index is 949. The predicted molar refractivity (Wildman–Crippen MR) is 120 cm³/mol. The maximum Gasteiger partial charge on any atom is 0.132 e. The molecule has 9 heteroatoms. The first kappa shape index (κ1) is 20.9. The van der Waals surface area contributed by atoms with E-state index in [1.807, 2.05) is 22.5 Å². The van der Waals surface area contributed by atoms with Gasteiger partial charge in [-0.15, -0.1) is 4.31 Å². The summed E-state index contributed by atoms with van der Waals surface area (Å²) in [7, 11) is 0. The first-order valence-electron chi connectivity index (χ1n) is 10.1. The molecule has 1 aromatic heterocycles. The van der Waals surface area contributed by atoms with E-state index in [1.165, 1.54) is 6.33 Å². The van der Waals surface area contributed by atoms with Gasteiger partial charge in [0.05, 0.1) is 24.0 Å². The van der Waals surface area contributed by atoms with Gasteiger partial charge >= 0.3 is 0 Å². The highest BCUT2D eigenvalue weighted by molar-refractivity contribution is 7.88. The Balaban J connectivity index is 1.54. The fourth-order valence-electron chi connectivity index (χ4n) is 3.70. The second kappa shape index (κ2) is 8.05. The number of nitrogens with one attached hydrogen (secondary N) is 1. The summed E-state index contributed by atoms with van der Waals surface area (Å²) in [6.45, 7) is 6.28. The molecule has 4 rings (SSSR count). The molecule has 0 radical (unpaired) electrons. The molecule has 8 nitrogen and oxygen atoms in total. The molecule has 1 saturated carbocycles. The molecule has 2 heterocycles. The third-order valence-electron chi connectivity index (χ3n) is 5.74. The first-order chi connectivity index (χ1) is 14.3. The van der Waals surface area contributed by atoms with Crippen LogP contribution in [0.1, 0.15) is 37.9 Å². The molecule has 160 valence electrons. The minimum Gasteiger partial charge on any atom is -0.598 e. The van der Waals surface area contributed by atoms with Crippen LogP contribution < -0.4 is 15.4 Å². The van der Waals surface area contributed by atoms with Gasteiger partial charge in [-0.3, -0.25) is 5.41 Å². The van der Waals surface area contributed by atoms with Crippen molar-refractivity contribution < 1.29 is 9.29 Å². The third kappa shape index (κ3) is 4.38. The largest absolute Gasteiger partial charge is 0.598 e. The maximum atomic E-state index is 11.8. The van der Waals surface area contributed by atoms with Gasteiger partial charge in [-0.05, 0) is 44.9 Å². The van der Waals surface area contributed by atoms with Crippen LogP contribution in [-0.2, 0) is 11.4 Å². The fraction of sp³-hybridized carbons (Fsp3) is 0.476. The van der Waals surface area contributed by atoms with Crippen LogP contribution >= 0.6 is 0 Å². The standard InChI is InChI=1S/C21H28N6O2S/c1-14-12-26(8-9-27(14)30(3)28)19-11-18(24-13-25-19)20(23)16-10-15(4-5-17(16)22)29-21(2)6-7-21/h4-5,10-11,13-14,23H,6-9,12,22H2,1-3H3. The van der Waals surface area contributed by atoms with Gasteiger partial charge in [-0.2, -0.15) is 0 Å². The number of anilines is 2. The second-order valence-electron chi connectivity index (χ2n) is 8.30. The number of rotatable bonds is 6. The van der Waals surface area contributed by atoms with Gasteiger partial charge in [-0.25, -0.2) is 9.97 Å². The van der Waals surface area contributed by atoms with E-state index in [9.17, 15) is 4.55 Å². The lowest BCUT2D eigenvalue weighted by atomic mass is 10.0. The molecule has 2 atom stereocenters. The zero-order valence-electron chi connectivity index (χ0n) is 17.6. The van der Waals surface area contributed by atoms with Crippen LogP contribution in [0.5, 0.6) is 5.75 Å². The van der Waals surface area contributed by atoms with E-state index in [-0.39, 0.29) is 17.4 Å². The fourth-order valence-corrected chi connectivity index (χ4v) is 4.62. The van der Waals surface area contributed by atoms with Crippen LogP contribution in [0.15, 0.2) is 30.6 Å². The zero-order valence-corrected chi connectivity index (χ0v) is 18.4. The molecule has 0 amide bonds. The highest BCUT2D eigenvalue weighted by atomic mass is 32.2. The Morgan fingerprint density at radius 3 is 2.73 bits per heavy atom. The quantitative estimate of drug-likeness (QED) is 0.412. The summed E-state index contributed by atoms with van der Waals surface area (Å²) in [6.07, 6.45) is 5.27. The maximum absolute atomic E-state index is 11.8. The lowest BCUT2D eigenvalue weighted by Crippen LogP contribution is -2.53. The van der Waals surface area contributed by atoms with Crippen molar-refractivity contribution in [1.82, 2.24) is 14.3 Å². The topological polar surface area (TPSA) is 114 Å². The van der Waals surface area contributed by atoms with Crippen molar-refractivity contribution >= 4 is 28.6 Å². The van der Waals surface area contributed by atoms with Crippen molar-refractivity contribution in [3.05, 3.63) is 41.9 Å². The molecule has 0 spiro atoms. The van der Waals surface area contributed by atoms with E-state index in [4.69, 9.17) is 15.9 Å². The van der Waals surface area contributed by atoms with Crippen LogP contribution in [-0.4, -0.2) is 62.1 Å². The average molecular weight is 429 g/mol. The van der Waals surface area contributed by atoms with Gasteiger partial charge in [-0.1, -0.05) is 0 Å². The molecule has 2 aromatic rings. The number of nitrogen functional groups attached to an aromatic ring is 1. The van der Waals surface area contributed by atoms with E-state index >= 15 is 0 Å². The number of piperazine rings is 1. The summed E-state index contributed by atoms with van der Waals surface area (Å²) in [6, 6.07) is 7.41. The van der Waals surface area contributed by atoms with Crippen LogP contribution in [0.4, 0.5) is 11.5 Å². The highest BCUT2D eigenvalue weighted by Crippen LogP contribution is 2.40. The van der Waals surface area contributed by atoms with Crippen LogP contribution in [0.3, 0.4) is 0 Å². The Kier molecular flexibility index (Phi) is 5.61. The van der Waals surface area contributed by atoms with Gasteiger partial charge in [0, 0.05) is 41.8 Å². The summed E-state index contributed by atoms with van der Waals surface area (Å²) in [5, 5.41) is 8.70. The molecule has 30 heavy (non-hydrogen) atoms. The molecule has 1 aromatic carbocycles.